The van der Waals surface area contributed by atoms with Gasteiger partial charge in [0.1, 0.15) is 0 Å². The molecule has 2 unspecified atom stereocenters. The molecule has 0 spiro atoms. The minimum absolute atomic E-state index is 0.00753. The Kier molecular flexibility index (Phi) is 44.2. The van der Waals surface area contributed by atoms with E-state index in [2.05, 4.69) is 19.2 Å². The van der Waals surface area contributed by atoms with Crippen LogP contribution in [0.2, 0.25) is 0 Å². The summed E-state index contributed by atoms with van der Waals surface area (Å²) in [6.45, 7) is 4.84. The normalized spacial score (nSPS) is 12.7. The van der Waals surface area contributed by atoms with E-state index in [0.717, 1.165) is 57.8 Å². The standard InChI is InChI=1S/C49H95NO5/c1-3-5-7-9-11-13-14-15-16-17-18-19-23-27-31-35-39-43-49(54)55-44-40-36-32-28-24-21-20-22-26-30-34-38-42-48(53)50-46(45-51)47(52)41-37-33-29-25-12-10-8-6-4-2/h37,41,46-47,51-52H,3-36,38-40,42-45H2,1-2H3,(H,50,53)/b41-37+. The van der Waals surface area contributed by atoms with Crippen molar-refractivity contribution in [2.24, 2.45) is 0 Å². The molecule has 6 heteroatoms. The lowest BCUT2D eigenvalue weighted by atomic mass is 10.0. The maximum Gasteiger partial charge on any atom is 0.305 e. The fourth-order valence-electron chi connectivity index (χ4n) is 7.51. The molecule has 0 saturated heterocycles. The number of aliphatic hydroxyl groups is 2. The van der Waals surface area contributed by atoms with Crippen LogP contribution in [0.5, 0.6) is 0 Å². The summed E-state index contributed by atoms with van der Waals surface area (Å²) in [4.78, 5) is 24.4. The molecule has 0 aromatic carbocycles. The van der Waals surface area contributed by atoms with E-state index in [1.54, 1.807) is 6.08 Å². The number of unbranched alkanes of at least 4 members (excludes halogenated alkanes) is 34. The first-order chi connectivity index (χ1) is 27.0. The van der Waals surface area contributed by atoms with Crippen molar-refractivity contribution in [3.8, 4) is 0 Å². The molecule has 2 atom stereocenters. The lowest BCUT2D eigenvalue weighted by Gasteiger charge is -2.20. The highest BCUT2D eigenvalue weighted by atomic mass is 16.5. The molecular formula is C49H95NO5. The van der Waals surface area contributed by atoms with E-state index in [0.29, 0.717) is 19.4 Å². The summed E-state index contributed by atoms with van der Waals surface area (Å²) in [6.07, 6.45) is 50.7. The second-order valence-corrected chi connectivity index (χ2v) is 16.8. The number of allylic oxidation sites excluding steroid dienone is 1. The highest BCUT2D eigenvalue weighted by Crippen LogP contribution is 2.16. The van der Waals surface area contributed by atoms with Gasteiger partial charge in [-0.05, 0) is 32.1 Å². The molecule has 0 heterocycles. The van der Waals surface area contributed by atoms with Gasteiger partial charge in [0, 0.05) is 12.8 Å². The maximum absolute atomic E-state index is 12.3. The number of hydrogen-bond acceptors (Lipinski definition) is 5. The minimum atomic E-state index is -0.851. The molecule has 0 aliphatic carbocycles. The number of carbonyl (C=O) groups is 2. The maximum atomic E-state index is 12.3. The van der Waals surface area contributed by atoms with Crippen LogP contribution < -0.4 is 5.32 Å². The molecule has 6 nitrogen and oxygen atoms in total. The van der Waals surface area contributed by atoms with Crippen molar-refractivity contribution >= 4 is 11.9 Å². The number of esters is 1. The number of rotatable bonds is 45. The highest BCUT2D eigenvalue weighted by molar-refractivity contribution is 5.76. The van der Waals surface area contributed by atoms with Gasteiger partial charge in [-0.1, -0.05) is 231 Å². The molecule has 0 aliphatic heterocycles. The Hall–Kier alpha value is -1.40. The van der Waals surface area contributed by atoms with Gasteiger partial charge in [-0.3, -0.25) is 9.59 Å². The third kappa shape index (κ3) is 42.0. The molecule has 0 saturated carbocycles. The monoisotopic (exact) mass is 778 g/mol. The Morgan fingerprint density at radius 2 is 0.836 bits per heavy atom. The highest BCUT2D eigenvalue weighted by Gasteiger charge is 2.18. The zero-order chi connectivity index (χ0) is 40.1. The average molecular weight is 778 g/mol. The summed E-state index contributed by atoms with van der Waals surface area (Å²) in [5.41, 5.74) is 0. The Morgan fingerprint density at radius 3 is 1.24 bits per heavy atom. The summed E-state index contributed by atoms with van der Waals surface area (Å²) in [5, 5.41) is 22.9. The van der Waals surface area contributed by atoms with Gasteiger partial charge in [-0.2, -0.15) is 0 Å². The van der Waals surface area contributed by atoms with Crippen LogP contribution >= 0.6 is 0 Å². The van der Waals surface area contributed by atoms with E-state index >= 15 is 0 Å². The topological polar surface area (TPSA) is 95.9 Å². The summed E-state index contributed by atoms with van der Waals surface area (Å²) in [6, 6.07) is -0.636. The van der Waals surface area contributed by atoms with Crippen LogP contribution in [0, 0.1) is 0 Å². The van der Waals surface area contributed by atoms with Crippen molar-refractivity contribution in [3.05, 3.63) is 12.2 Å². The van der Waals surface area contributed by atoms with E-state index in [4.69, 9.17) is 4.74 Å². The van der Waals surface area contributed by atoms with Gasteiger partial charge < -0.3 is 20.3 Å². The first-order valence-corrected chi connectivity index (χ1v) is 24.5. The summed E-state index contributed by atoms with van der Waals surface area (Å²) < 4.78 is 5.46. The summed E-state index contributed by atoms with van der Waals surface area (Å²) >= 11 is 0. The Morgan fingerprint density at radius 1 is 0.491 bits per heavy atom. The molecule has 0 rings (SSSR count). The average Bonchev–Trinajstić information content (AvgIpc) is 3.18. The van der Waals surface area contributed by atoms with E-state index in [1.165, 1.54) is 180 Å². The molecule has 55 heavy (non-hydrogen) atoms. The zero-order valence-electron chi connectivity index (χ0n) is 36.9. The third-order valence-corrected chi connectivity index (χ3v) is 11.3. The molecule has 3 N–H and O–H groups in total. The van der Waals surface area contributed by atoms with Crippen molar-refractivity contribution in [1.29, 1.82) is 0 Å². The predicted molar refractivity (Wildman–Crippen MR) is 237 cm³/mol. The SMILES string of the molecule is CCCCCCCCC/C=C/C(O)C(CO)NC(=O)CCCCCCCCCCCCCCOC(=O)CCCCCCCCCCCCCCCCCCC. The molecule has 1 amide bonds. The van der Waals surface area contributed by atoms with Crippen LogP contribution in [0.3, 0.4) is 0 Å². The van der Waals surface area contributed by atoms with Gasteiger partial charge >= 0.3 is 5.97 Å². The molecule has 0 fully saturated rings. The van der Waals surface area contributed by atoms with Gasteiger partial charge in [0.25, 0.3) is 0 Å². The number of amides is 1. The lowest BCUT2D eigenvalue weighted by Crippen LogP contribution is -2.45. The molecule has 0 radical (unpaired) electrons. The minimum Gasteiger partial charge on any atom is -0.466 e. The first kappa shape index (κ1) is 53.6. The van der Waals surface area contributed by atoms with Crippen molar-refractivity contribution in [2.45, 2.75) is 276 Å². The van der Waals surface area contributed by atoms with E-state index in [9.17, 15) is 19.8 Å². The van der Waals surface area contributed by atoms with Crippen molar-refractivity contribution in [2.75, 3.05) is 13.2 Å². The zero-order valence-corrected chi connectivity index (χ0v) is 36.9. The third-order valence-electron chi connectivity index (χ3n) is 11.3. The van der Waals surface area contributed by atoms with Gasteiger partial charge in [0.15, 0.2) is 0 Å². The Balaban J connectivity index is 3.42. The molecular weight excluding hydrogens is 683 g/mol. The second-order valence-electron chi connectivity index (χ2n) is 16.8. The van der Waals surface area contributed by atoms with Crippen molar-refractivity contribution < 1.29 is 24.5 Å². The van der Waals surface area contributed by atoms with Crippen LogP contribution in [0.4, 0.5) is 0 Å². The Labute approximate surface area is 342 Å². The van der Waals surface area contributed by atoms with Crippen LogP contribution in [-0.4, -0.2) is 47.4 Å². The van der Waals surface area contributed by atoms with Crippen LogP contribution in [0.1, 0.15) is 264 Å². The second kappa shape index (κ2) is 45.3. The first-order valence-electron chi connectivity index (χ1n) is 24.5. The largest absolute Gasteiger partial charge is 0.466 e. The van der Waals surface area contributed by atoms with Gasteiger partial charge in [0.05, 0.1) is 25.4 Å². The number of ether oxygens (including phenoxy) is 1. The van der Waals surface area contributed by atoms with E-state index in [1.807, 2.05) is 6.08 Å². The van der Waals surface area contributed by atoms with Crippen LogP contribution in [0.15, 0.2) is 12.2 Å². The van der Waals surface area contributed by atoms with Gasteiger partial charge in [-0.15, -0.1) is 0 Å². The smallest absolute Gasteiger partial charge is 0.305 e. The number of nitrogens with one attached hydrogen (secondary N) is 1. The molecule has 0 aromatic rings. The molecule has 0 bridgehead atoms. The van der Waals surface area contributed by atoms with Crippen molar-refractivity contribution in [3.63, 3.8) is 0 Å². The quantitative estimate of drug-likeness (QED) is 0.0325. The lowest BCUT2D eigenvalue weighted by molar-refractivity contribution is -0.143. The molecule has 326 valence electrons. The molecule has 0 aliphatic rings. The Bertz CT molecular complexity index is 817. The van der Waals surface area contributed by atoms with Gasteiger partial charge in [0.2, 0.25) is 5.91 Å². The number of aliphatic hydroxyl groups excluding tert-OH is 2. The van der Waals surface area contributed by atoms with Crippen LogP contribution in [-0.2, 0) is 14.3 Å². The fraction of sp³-hybridized carbons (Fsp3) is 0.918. The molecule has 0 aromatic heterocycles. The summed E-state index contributed by atoms with van der Waals surface area (Å²) in [7, 11) is 0. The van der Waals surface area contributed by atoms with Crippen molar-refractivity contribution in [1.82, 2.24) is 5.32 Å². The van der Waals surface area contributed by atoms with E-state index < -0.39 is 12.1 Å². The van der Waals surface area contributed by atoms with Gasteiger partial charge in [-0.25, -0.2) is 0 Å². The fourth-order valence-corrected chi connectivity index (χ4v) is 7.51. The predicted octanol–water partition coefficient (Wildman–Crippen LogP) is 14.2. The number of carbonyl (C=O) groups excluding carboxylic acids is 2. The van der Waals surface area contributed by atoms with E-state index in [-0.39, 0.29) is 18.5 Å². The number of hydrogen-bond donors (Lipinski definition) is 3. The van der Waals surface area contributed by atoms with Crippen LogP contribution in [0.25, 0.3) is 0 Å². The summed E-state index contributed by atoms with van der Waals surface area (Å²) in [5.74, 6) is -0.0932.